The zero-order valence-corrected chi connectivity index (χ0v) is 10.4. The summed E-state index contributed by atoms with van der Waals surface area (Å²) in [5.74, 6) is -0.296. The first-order valence-electron chi connectivity index (χ1n) is 5.60. The Morgan fingerprint density at radius 1 is 1.44 bits per heavy atom. The number of hydrogen-bond acceptors (Lipinski definition) is 1. The number of amides is 1. The van der Waals surface area contributed by atoms with Gasteiger partial charge in [0.15, 0.2) is 0 Å². The van der Waals surface area contributed by atoms with Gasteiger partial charge in [0.25, 0.3) is 6.33 Å². The van der Waals surface area contributed by atoms with E-state index < -0.39 is 0 Å². The topological polar surface area (TPSA) is 29.1 Å². The molecule has 0 unspecified atom stereocenters. The van der Waals surface area contributed by atoms with Gasteiger partial charge in [0.05, 0.1) is 13.6 Å². The molecule has 1 aromatic heterocycles. The van der Waals surface area contributed by atoms with Crippen LogP contribution in [0.25, 0.3) is 0 Å². The van der Waals surface area contributed by atoms with Gasteiger partial charge in [0.2, 0.25) is 0 Å². The predicted octanol–water partition coefficient (Wildman–Crippen LogP) is 1.55. The fourth-order valence-electron chi connectivity index (χ4n) is 1.71. The average molecular weight is 248 g/mol. The highest BCUT2D eigenvalue weighted by Crippen LogP contribution is 2.09. The SMILES string of the molecule is CN(Cc1ccccc1F)C(=O)n1cc[n+](C)c1. The van der Waals surface area contributed by atoms with Gasteiger partial charge in [-0.3, -0.25) is 0 Å². The number of carbonyl (C=O) groups excluding carboxylic acids is 1. The fraction of sp³-hybridized carbons (Fsp3) is 0.231. The molecule has 0 fully saturated rings. The van der Waals surface area contributed by atoms with E-state index in [1.54, 1.807) is 48.5 Å². The minimum Gasteiger partial charge on any atom is -0.303 e. The molecule has 2 rings (SSSR count). The number of aryl methyl sites for hydroxylation is 1. The maximum Gasteiger partial charge on any atom is 0.415 e. The molecule has 0 bridgehead atoms. The van der Waals surface area contributed by atoms with Crippen LogP contribution in [-0.4, -0.2) is 22.5 Å². The highest BCUT2D eigenvalue weighted by molar-refractivity contribution is 5.76. The van der Waals surface area contributed by atoms with Crippen molar-refractivity contribution in [3.05, 3.63) is 54.4 Å². The number of hydrogen-bond donors (Lipinski definition) is 0. The molecule has 0 atom stereocenters. The first-order chi connectivity index (χ1) is 8.58. The van der Waals surface area contributed by atoms with E-state index in [1.807, 2.05) is 7.05 Å². The second-order valence-electron chi connectivity index (χ2n) is 4.22. The molecule has 94 valence electrons. The summed E-state index contributed by atoms with van der Waals surface area (Å²) in [6.45, 7) is 0.243. The van der Waals surface area contributed by atoms with Crippen molar-refractivity contribution < 1.29 is 13.8 Å². The number of aromatic nitrogens is 2. The molecule has 0 spiro atoms. The van der Waals surface area contributed by atoms with E-state index in [1.165, 1.54) is 15.5 Å². The first-order valence-corrected chi connectivity index (χ1v) is 5.60. The van der Waals surface area contributed by atoms with Crippen molar-refractivity contribution in [1.29, 1.82) is 0 Å². The number of benzene rings is 1. The number of nitrogens with zero attached hydrogens (tertiary/aromatic N) is 3. The van der Waals surface area contributed by atoms with E-state index in [-0.39, 0.29) is 18.4 Å². The molecule has 0 aliphatic rings. The molecular formula is C13H15FN3O+. The standard InChI is InChI=1S/C13H15FN3O/c1-15-7-8-17(10-15)13(18)16(2)9-11-5-3-4-6-12(11)14/h3-8,10H,9H2,1-2H3/q+1. The van der Waals surface area contributed by atoms with Gasteiger partial charge in [-0.15, -0.1) is 0 Å². The minimum absolute atomic E-state index is 0.196. The highest BCUT2D eigenvalue weighted by Gasteiger charge is 2.18. The van der Waals surface area contributed by atoms with Crippen LogP contribution in [0.1, 0.15) is 5.56 Å². The zero-order valence-electron chi connectivity index (χ0n) is 10.4. The van der Waals surface area contributed by atoms with Crippen LogP contribution in [0.15, 0.2) is 43.0 Å². The second kappa shape index (κ2) is 5.00. The minimum atomic E-state index is -0.296. The monoisotopic (exact) mass is 248 g/mol. The summed E-state index contributed by atoms with van der Waals surface area (Å²) < 4.78 is 16.7. The highest BCUT2D eigenvalue weighted by atomic mass is 19.1. The van der Waals surface area contributed by atoms with Crippen molar-refractivity contribution in [2.45, 2.75) is 6.54 Å². The van der Waals surface area contributed by atoms with Gasteiger partial charge in [-0.2, -0.15) is 4.57 Å². The fourth-order valence-corrected chi connectivity index (χ4v) is 1.71. The van der Waals surface area contributed by atoms with Gasteiger partial charge in [0, 0.05) is 12.6 Å². The lowest BCUT2D eigenvalue weighted by atomic mass is 10.2. The molecule has 0 saturated heterocycles. The van der Waals surface area contributed by atoms with Gasteiger partial charge >= 0.3 is 6.03 Å². The van der Waals surface area contributed by atoms with Gasteiger partial charge in [-0.25, -0.2) is 13.8 Å². The molecule has 1 aromatic carbocycles. The van der Waals surface area contributed by atoms with E-state index in [0.29, 0.717) is 5.56 Å². The largest absolute Gasteiger partial charge is 0.415 e. The Morgan fingerprint density at radius 2 is 2.17 bits per heavy atom. The van der Waals surface area contributed by atoms with Crippen molar-refractivity contribution in [2.24, 2.45) is 7.05 Å². The molecule has 0 aliphatic carbocycles. The Morgan fingerprint density at radius 3 is 2.78 bits per heavy atom. The smallest absolute Gasteiger partial charge is 0.303 e. The van der Waals surface area contributed by atoms with Crippen LogP contribution in [-0.2, 0) is 13.6 Å². The molecule has 0 aliphatic heterocycles. The summed E-state index contributed by atoms with van der Waals surface area (Å²) in [5.41, 5.74) is 0.505. The number of halogens is 1. The van der Waals surface area contributed by atoms with Crippen LogP contribution in [0.3, 0.4) is 0 Å². The Bertz CT molecular complexity index is 565. The third-order valence-corrected chi connectivity index (χ3v) is 2.68. The maximum absolute atomic E-state index is 13.5. The van der Waals surface area contributed by atoms with Crippen LogP contribution >= 0.6 is 0 Å². The van der Waals surface area contributed by atoms with E-state index in [9.17, 15) is 9.18 Å². The van der Waals surface area contributed by atoms with E-state index in [4.69, 9.17) is 0 Å². The molecule has 1 amide bonds. The van der Waals surface area contributed by atoms with Crippen molar-refractivity contribution in [2.75, 3.05) is 7.05 Å². The maximum atomic E-state index is 13.5. The molecule has 2 aromatic rings. The van der Waals surface area contributed by atoms with Crippen LogP contribution < -0.4 is 4.57 Å². The summed E-state index contributed by atoms with van der Waals surface area (Å²) in [6, 6.07) is 6.26. The van der Waals surface area contributed by atoms with Gasteiger partial charge in [0.1, 0.15) is 18.2 Å². The molecule has 0 N–H and O–H groups in total. The van der Waals surface area contributed by atoms with Crippen LogP contribution in [0.4, 0.5) is 9.18 Å². The molecule has 4 nitrogen and oxygen atoms in total. The normalized spacial score (nSPS) is 10.4. The van der Waals surface area contributed by atoms with Crippen LogP contribution in [0.2, 0.25) is 0 Å². The lowest BCUT2D eigenvalue weighted by Gasteiger charge is -2.14. The summed E-state index contributed by atoms with van der Waals surface area (Å²) in [5, 5.41) is 0. The van der Waals surface area contributed by atoms with Crippen molar-refractivity contribution >= 4 is 6.03 Å². The lowest BCUT2D eigenvalue weighted by Crippen LogP contribution is -2.32. The molecule has 18 heavy (non-hydrogen) atoms. The lowest BCUT2D eigenvalue weighted by molar-refractivity contribution is -0.670. The molecule has 0 radical (unpaired) electrons. The first kappa shape index (κ1) is 12.3. The third kappa shape index (κ3) is 2.56. The predicted molar refractivity (Wildman–Crippen MR) is 64.3 cm³/mol. The summed E-state index contributed by atoms with van der Waals surface area (Å²) >= 11 is 0. The molecule has 5 heteroatoms. The van der Waals surface area contributed by atoms with Gasteiger partial charge in [-0.05, 0) is 6.07 Å². The van der Waals surface area contributed by atoms with Crippen molar-refractivity contribution in [3.8, 4) is 0 Å². The van der Waals surface area contributed by atoms with Gasteiger partial charge in [-0.1, -0.05) is 18.2 Å². The number of imidazole rings is 1. The van der Waals surface area contributed by atoms with E-state index in [0.717, 1.165) is 0 Å². The number of rotatable bonds is 2. The summed E-state index contributed by atoms with van der Waals surface area (Å²) in [6.07, 6.45) is 5.11. The molecular weight excluding hydrogens is 233 g/mol. The molecule has 1 heterocycles. The van der Waals surface area contributed by atoms with Crippen molar-refractivity contribution in [3.63, 3.8) is 0 Å². The summed E-state index contributed by atoms with van der Waals surface area (Å²) in [4.78, 5) is 13.5. The van der Waals surface area contributed by atoms with E-state index in [2.05, 4.69) is 0 Å². The second-order valence-corrected chi connectivity index (χ2v) is 4.22. The summed E-state index contributed by atoms with van der Waals surface area (Å²) in [7, 11) is 3.48. The Hall–Kier alpha value is -2.17. The molecule has 0 saturated carbocycles. The quantitative estimate of drug-likeness (QED) is 0.741. The Kier molecular flexibility index (Phi) is 3.41. The number of carbonyl (C=O) groups is 1. The zero-order chi connectivity index (χ0) is 13.1. The van der Waals surface area contributed by atoms with Gasteiger partial charge < -0.3 is 4.90 Å². The van der Waals surface area contributed by atoms with Crippen molar-refractivity contribution in [1.82, 2.24) is 9.47 Å². The van der Waals surface area contributed by atoms with Crippen LogP contribution in [0, 0.1) is 5.82 Å². The average Bonchev–Trinajstić information content (AvgIpc) is 2.78. The third-order valence-electron chi connectivity index (χ3n) is 2.68. The van der Waals surface area contributed by atoms with E-state index >= 15 is 0 Å². The Labute approximate surface area is 105 Å². The Balaban J connectivity index is 2.11. The van der Waals surface area contributed by atoms with Crippen LogP contribution in [0.5, 0.6) is 0 Å².